The molecule has 1 unspecified atom stereocenters. The maximum atomic E-state index is 12.6. The Morgan fingerprint density at radius 1 is 1.07 bits per heavy atom. The summed E-state index contributed by atoms with van der Waals surface area (Å²) in [5.74, 6) is -0.132. The molecular formula is C20H17BrN2O3S. The standard InChI is InChI=1S/C20H17BrN2O3S/c21-14-6-4-12(5-7-14)11-23-16-3-1-2-13(15(16)8-9-18(23)24)10-17-19(25)22-20(26)27-17/h1-7,17H,8-11H2,(H,22,25,26). The summed E-state index contributed by atoms with van der Waals surface area (Å²) in [6, 6.07) is 13.8. The lowest BCUT2D eigenvalue weighted by molar-refractivity contribution is -0.119. The molecule has 2 aromatic carbocycles. The van der Waals surface area contributed by atoms with Gasteiger partial charge >= 0.3 is 0 Å². The van der Waals surface area contributed by atoms with E-state index in [1.807, 2.05) is 47.4 Å². The summed E-state index contributed by atoms with van der Waals surface area (Å²) in [7, 11) is 0. The van der Waals surface area contributed by atoms with Crippen LogP contribution in [0.1, 0.15) is 23.1 Å². The highest BCUT2D eigenvalue weighted by atomic mass is 79.9. The van der Waals surface area contributed by atoms with Crippen LogP contribution in [-0.4, -0.2) is 22.3 Å². The Morgan fingerprint density at radius 3 is 2.56 bits per heavy atom. The van der Waals surface area contributed by atoms with Crippen LogP contribution in [0.3, 0.4) is 0 Å². The van der Waals surface area contributed by atoms with Crippen molar-refractivity contribution in [1.29, 1.82) is 0 Å². The first-order chi connectivity index (χ1) is 13.0. The van der Waals surface area contributed by atoms with E-state index < -0.39 is 5.25 Å². The van der Waals surface area contributed by atoms with E-state index in [0.29, 0.717) is 25.8 Å². The quantitative estimate of drug-likeness (QED) is 0.777. The van der Waals surface area contributed by atoms with E-state index in [1.54, 1.807) is 0 Å². The molecule has 2 aliphatic heterocycles. The highest BCUT2D eigenvalue weighted by Gasteiger charge is 2.33. The fourth-order valence-electron chi connectivity index (χ4n) is 3.53. The van der Waals surface area contributed by atoms with Crippen molar-refractivity contribution in [3.8, 4) is 0 Å². The normalized spacial score (nSPS) is 19.2. The molecule has 3 amide bonds. The highest BCUT2D eigenvalue weighted by Crippen LogP contribution is 2.34. The predicted octanol–water partition coefficient (Wildman–Crippen LogP) is 3.82. The van der Waals surface area contributed by atoms with Crippen molar-refractivity contribution in [3.05, 3.63) is 63.6 Å². The Hall–Kier alpha value is -2.12. The lowest BCUT2D eigenvalue weighted by atomic mass is 9.93. The molecule has 4 rings (SSSR count). The van der Waals surface area contributed by atoms with Gasteiger partial charge in [-0.05, 0) is 47.7 Å². The average Bonchev–Trinajstić information content (AvgIpc) is 2.96. The first kappa shape index (κ1) is 18.3. The number of rotatable bonds is 4. The minimum Gasteiger partial charge on any atom is -0.308 e. The van der Waals surface area contributed by atoms with Crippen LogP contribution in [0.2, 0.25) is 0 Å². The molecular weight excluding hydrogens is 428 g/mol. The first-order valence-corrected chi connectivity index (χ1v) is 10.4. The predicted molar refractivity (Wildman–Crippen MR) is 109 cm³/mol. The molecule has 27 heavy (non-hydrogen) atoms. The molecule has 0 aromatic heterocycles. The monoisotopic (exact) mass is 444 g/mol. The minimum atomic E-state index is -0.401. The van der Waals surface area contributed by atoms with Crippen LogP contribution >= 0.6 is 27.7 Å². The molecule has 0 bridgehead atoms. The fourth-order valence-corrected chi connectivity index (χ4v) is 4.64. The van der Waals surface area contributed by atoms with Crippen LogP contribution in [0.15, 0.2) is 46.9 Å². The van der Waals surface area contributed by atoms with E-state index in [9.17, 15) is 14.4 Å². The van der Waals surface area contributed by atoms with Gasteiger partial charge in [-0.15, -0.1) is 0 Å². The van der Waals surface area contributed by atoms with Crippen LogP contribution in [0.4, 0.5) is 10.5 Å². The molecule has 138 valence electrons. The van der Waals surface area contributed by atoms with Gasteiger partial charge in [0.1, 0.15) is 0 Å². The fraction of sp³-hybridized carbons (Fsp3) is 0.250. The largest absolute Gasteiger partial charge is 0.308 e. The van der Waals surface area contributed by atoms with Gasteiger partial charge in [0.05, 0.1) is 11.8 Å². The van der Waals surface area contributed by atoms with Crippen LogP contribution in [0.25, 0.3) is 0 Å². The molecule has 1 N–H and O–H groups in total. The lowest BCUT2D eigenvalue weighted by Gasteiger charge is -2.31. The summed E-state index contributed by atoms with van der Waals surface area (Å²) in [6.07, 6.45) is 1.60. The third-order valence-corrected chi connectivity index (χ3v) is 6.37. The topological polar surface area (TPSA) is 66.5 Å². The first-order valence-electron chi connectivity index (χ1n) is 8.68. The number of imide groups is 1. The Balaban J connectivity index is 1.62. The van der Waals surface area contributed by atoms with Crippen molar-refractivity contribution in [3.63, 3.8) is 0 Å². The molecule has 0 spiro atoms. The minimum absolute atomic E-state index is 0.103. The van der Waals surface area contributed by atoms with Gasteiger partial charge < -0.3 is 4.90 Å². The van der Waals surface area contributed by atoms with E-state index in [1.165, 1.54) is 0 Å². The molecule has 2 aromatic rings. The number of carbonyl (C=O) groups is 3. The number of nitrogens with zero attached hydrogens (tertiary/aromatic N) is 1. The average molecular weight is 445 g/mol. The maximum Gasteiger partial charge on any atom is 0.286 e. The number of halogens is 1. The van der Waals surface area contributed by atoms with Crippen molar-refractivity contribution in [1.82, 2.24) is 5.32 Å². The van der Waals surface area contributed by atoms with Crippen molar-refractivity contribution in [2.75, 3.05) is 4.90 Å². The molecule has 1 atom stereocenters. The van der Waals surface area contributed by atoms with Crippen LogP contribution in [0.5, 0.6) is 0 Å². The van der Waals surface area contributed by atoms with E-state index in [2.05, 4.69) is 21.2 Å². The second kappa shape index (κ2) is 7.48. The SMILES string of the molecule is O=C1NC(=O)C(Cc2cccc3c2CCC(=O)N3Cc2ccc(Br)cc2)S1. The van der Waals surface area contributed by atoms with Gasteiger partial charge in [-0.2, -0.15) is 0 Å². The lowest BCUT2D eigenvalue weighted by Crippen LogP contribution is -2.35. The van der Waals surface area contributed by atoms with Gasteiger partial charge in [-0.3, -0.25) is 19.7 Å². The molecule has 7 heteroatoms. The number of hydrogen-bond acceptors (Lipinski definition) is 4. The molecule has 1 saturated heterocycles. The Labute approximate surface area is 169 Å². The summed E-state index contributed by atoms with van der Waals surface area (Å²) in [4.78, 5) is 37.8. The number of thioether (sulfide) groups is 1. The maximum absolute atomic E-state index is 12.6. The molecule has 5 nitrogen and oxygen atoms in total. The number of fused-ring (bicyclic) bond motifs is 1. The van der Waals surface area contributed by atoms with Gasteiger partial charge in [-0.25, -0.2) is 0 Å². The summed E-state index contributed by atoms with van der Waals surface area (Å²) >= 11 is 4.47. The number of anilines is 1. The van der Waals surface area contributed by atoms with Crippen molar-refractivity contribution in [2.45, 2.75) is 31.1 Å². The van der Waals surface area contributed by atoms with Gasteiger partial charge in [-0.1, -0.05) is 52.0 Å². The molecule has 0 aliphatic carbocycles. The molecule has 1 fully saturated rings. The van der Waals surface area contributed by atoms with Gasteiger partial charge in [0, 0.05) is 16.6 Å². The zero-order chi connectivity index (χ0) is 19.0. The van der Waals surface area contributed by atoms with E-state index in [0.717, 1.165) is 38.6 Å². The Morgan fingerprint density at radius 2 is 1.85 bits per heavy atom. The van der Waals surface area contributed by atoms with E-state index in [4.69, 9.17) is 0 Å². The molecule has 0 radical (unpaired) electrons. The second-order valence-electron chi connectivity index (χ2n) is 6.61. The van der Waals surface area contributed by atoms with Crippen molar-refractivity contribution in [2.24, 2.45) is 0 Å². The number of carbonyl (C=O) groups excluding carboxylic acids is 3. The van der Waals surface area contributed by atoms with Crippen LogP contribution in [0, 0.1) is 0 Å². The summed E-state index contributed by atoms with van der Waals surface area (Å²) in [5, 5.41) is 1.65. The van der Waals surface area contributed by atoms with Crippen molar-refractivity contribution < 1.29 is 14.4 Å². The number of benzene rings is 2. The van der Waals surface area contributed by atoms with Crippen LogP contribution < -0.4 is 10.2 Å². The smallest absolute Gasteiger partial charge is 0.286 e. The van der Waals surface area contributed by atoms with E-state index >= 15 is 0 Å². The van der Waals surface area contributed by atoms with Gasteiger partial charge in [0.25, 0.3) is 5.24 Å². The summed E-state index contributed by atoms with van der Waals surface area (Å²) in [5.41, 5.74) is 4.09. The highest BCUT2D eigenvalue weighted by molar-refractivity contribution is 9.10. The second-order valence-corrected chi connectivity index (χ2v) is 8.70. The molecule has 2 heterocycles. The zero-order valence-corrected chi connectivity index (χ0v) is 16.8. The molecule has 2 aliphatic rings. The Bertz CT molecular complexity index is 929. The zero-order valence-electron chi connectivity index (χ0n) is 14.4. The number of nitrogens with one attached hydrogen (secondary N) is 1. The number of amides is 3. The third-order valence-electron chi connectivity index (χ3n) is 4.86. The summed E-state index contributed by atoms with van der Waals surface area (Å²) in [6.45, 7) is 0.514. The summed E-state index contributed by atoms with van der Waals surface area (Å²) < 4.78 is 1.00. The van der Waals surface area contributed by atoms with E-state index in [-0.39, 0.29) is 17.1 Å². The third kappa shape index (κ3) is 3.80. The number of hydrogen-bond donors (Lipinski definition) is 1. The molecule has 0 saturated carbocycles. The van der Waals surface area contributed by atoms with Gasteiger partial charge in [0.15, 0.2) is 0 Å². The van der Waals surface area contributed by atoms with Crippen molar-refractivity contribution >= 4 is 50.4 Å². The Kier molecular flexibility index (Phi) is 5.06. The van der Waals surface area contributed by atoms with Gasteiger partial charge in [0.2, 0.25) is 11.8 Å². The van der Waals surface area contributed by atoms with Crippen LogP contribution in [-0.2, 0) is 29.0 Å².